The van der Waals surface area contributed by atoms with Crippen LogP contribution in [0.5, 0.6) is 0 Å². The number of rotatable bonds is 4. The summed E-state index contributed by atoms with van der Waals surface area (Å²) in [5, 5.41) is 0. The van der Waals surface area contributed by atoms with E-state index in [4.69, 9.17) is 0 Å². The molecule has 0 aliphatic carbocycles. The van der Waals surface area contributed by atoms with Gasteiger partial charge in [-0.05, 0) is 62.1 Å². The highest BCUT2D eigenvalue weighted by atomic mass is 32.2. The van der Waals surface area contributed by atoms with Crippen molar-refractivity contribution in [2.24, 2.45) is 5.92 Å². The van der Waals surface area contributed by atoms with Crippen LogP contribution in [0.4, 0.5) is 0 Å². The third kappa shape index (κ3) is 4.47. The minimum absolute atomic E-state index is 0.0394. The van der Waals surface area contributed by atoms with E-state index in [1.165, 1.54) is 16.7 Å². The number of imidazole rings is 1. The highest BCUT2D eigenvalue weighted by Crippen LogP contribution is 2.35. The second-order valence-corrected chi connectivity index (χ2v) is 11.3. The van der Waals surface area contributed by atoms with Crippen molar-refractivity contribution in [3.63, 3.8) is 0 Å². The fourth-order valence-corrected chi connectivity index (χ4v) is 6.38. The van der Waals surface area contributed by atoms with Crippen LogP contribution in [0.15, 0.2) is 43.0 Å². The lowest BCUT2D eigenvalue weighted by Gasteiger charge is -2.42. The number of carbonyl (C=O) groups is 1. The molecule has 0 N–H and O–H groups in total. The molecule has 166 valence electrons. The number of carbonyl (C=O) groups excluding carboxylic acids is 1. The largest absolute Gasteiger partial charge is 0.341 e. The van der Waals surface area contributed by atoms with Gasteiger partial charge in [0, 0.05) is 25.5 Å². The fraction of sp³-hybridized carbons (Fsp3) is 0.500. The number of likely N-dealkylation sites (tertiary alicyclic amines) is 1. The lowest BCUT2D eigenvalue weighted by atomic mass is 9.87. The molecule has 31 heavy (non-hydrogen) atoms. The molecule has 2 fully saturated rings. The molecule has 1 aromatic heterocycles. The van der Waals surface area contributed by atoms with E-state index < -0.39 is 15.4 Å². The summed E-state index contributed by atoms with van der Waals surface area (Å²) in [6, 6.07) is 6.35. The Labute approximate surface area is 184 Å². The zero-order chi connectivity index (χ0) is 22.1. The summed E-state index contributed by atoms with van der Waals surface area (Å²) in [6.07, 6.45) is 12.1. The molecule has 2 aliphatic rings. The lowest BCUT2D eigenvalue weighted by molar-refractivity contribution is -0.142. The number of nitrogens with zero attached hydrogens (tertiary/aromatic N) is 3. The zero-order valence-corrected chi connectivity index (χ0v) is 19.1. The Kier molecular flexibility index (Phi) is 6.06. The molecule has 0 spiro atoms. The number of aromatic nitrogens is 2. The van der Waals surface area contributed by atoms with Crippen LogP contribution >= 0.6 is 0 Å². The van der Waals surface area contributed by atoms with Gasteiger partial charge >= 0.3 is 0 Å². The Hall–Kier alpha value is -2.41. The molecule has 7 heteroatoms. The van der Waals surface area contributed by atoms with Crippen molar-refractivity contribution in [2.45, 2.75) is 45.1 Å². The minimum atomic E-state index is -3.07. The molecule has 2 saturated heterocycles. The van der Waals surface area contributed by atoms with Crippen molar-refractivity contribution in [3.8, 4) is 0 Å². The van der Waals surface area contributed by atoms with Gasteiger partial charge in [-0.25, -0.2) is 13.4 Å². The van der Waals surface area contributed by atoms with Crippen molar-refractivity contribution in [3.05, 3.63) is 59.7 Å². The van der Waals surface area contributed by atoms with Gasteiger partial charge in [-0.3, -0.25) is 4.79 Å². The summed E-state index contributed by atoms with van der Waals surface area (Å²) in [7, 11) is -3.07. The van der Waals surface area contributed by atoms with Gasteiger partial charge in [-0.15, -0.1) is 0 Å². The van der Waals surface area contributed by atoms with Crippen LogP contribution in [0.1, 0.15) is 42.4 Å². The van der Waals surface area contributed by atoms with Crippen LogP contribution in [0, 0.1) is 19.8 Å². The maximum atomic E-state index is 13.6. The molecule has 2 aromatic rings. The molecule has 0 bridgehead atoms. The van der Waals surface area contributed by atoms with Crippen LogP contribution in [-0.2, 0) is 20.2 Å². The topological polar surface area (TPSA) is 72.3 Å². The molecule has 2 aliphatic heterocycles. The number of sulfone groups is 1. The Morgan fingerprint density at radius 1 is 1.13 bits per heavy atom. The van der Waals surface area contributed by atoms with E-state index in [-0.39, 0.29) is 17.4 Å². The average molecular weight is 442 g/mol. The van der Waals surface area contributed by atoms with E-state index in [1.807, 2.05) is 9.47 Å². The number of hydrogen-bond donors (Lipinski definition) is 0. The first kappa shape index (κ1) is 21.8. The molecule has 4 rings (SSSR count). The summed E-state index contributed by atoms with van der Waals surface area (Å²) in [5.74, 6) is 0.578. The van der Waals surface area contributed by atoms with Gasteiger partial charge in [0.05, 0.1) is 17.8 Å². The minimum Gasteiger partial charge on any atom is -0.341 e. The standard InChI is InChI=1S/C24H31N3O3S/c1-19-4-3-5-20(2)22(19)7-6-21-8-13-26(14-9-21)23(28)24(27-15-12-25-18-27)10-16-31(29,30)17-11-24/h3-7,12,15,18,21H,8-11,13-14,16-17H2,1-2H3/b7-6+. The Bertz CT molecular complexity index is 1030. The van der Waals surface area contributed by atoms with Gasteiger partial charge in [-0.1, -0.05) is 30.4 Å². The van der Waals surface area contributed by atoms with Gasteiger partial charge in [0.1, 0.15) is 5.54 Å². The number of aryl methyl sites for hydroxylation is 2. The number of hydrogen-bond acceptors (Lipinski definition) is 4. The molecule has 0 atom stereocenters. The van der Waals surface area contributed by atoms with Crippen LogP contribution in [-0.4, -0.2) is 53.4 Å². The van der Waals surface area contributed by atoms with Crippen molar-refractivity contribution in [1.29, 1.82) is 0 Å². The summed E-state index contributed by atoms with van der Waals surface area (Å²) in [5.41, 5.74) is 3.00. The van der Waals surface area contributed by atoms with Crippen molar-refractivity contribution >= 4 is 21.8 Å². The lowest BCUT2D eigenvalue weighted by Crippen LogP contribution is -2.55. The summed E-state index contributed by atoms with van der Waals surface area (Å²) >= 11 is 0. The SMILES string of the molecule is Cc1cccc(C)c1/C=C/C1CCN(C(=O)C2(n3ccnc3)CCS(=O)(=O)CC2)CC1. The van der Waals surface area contributed by atoms with Crippen LogP contribution in [0.25, 0.3) is 6.08 Å². The van der Waals surface area contributed by atoms with Crippen molar-refractivity contribution < 1.29 is 13.2 Å². The predicted octanol–water partition coefficient (Wildman–Crippen LogP) is 3.36. The highest BCUT2D eigenvalue weighted by Gasteiger charge is 2.47. The van der Waals surface area contributed by atoms with E-state index in [2.05, 4.69) is 49.2 Å². The molecular formula is C24H31N3O3S. The Morgan fingerprint density at radius 3 is 2.35 bits per heavy atom. The van der Waals surface area contributed by atoms with E-state index in [1.54, 1.807) is 18.7 Å². The summed E-state index contributed by atoms with van der Waals surface area (Å²) < 4.78 is 25.9. The molecule has 0 radical (unpaired) electrons. The van der Waals surface area contributed by atoms with Gasteiger partial charge in [0.2, 0.25) is 5.91 Å². The van der Waals surface area contributed by atoms with Crippen molar-refractivity contribution in [1.82, 2.24) is 14.5 Å². The predicted molar refractivity (Wildman–Crippen MR) is 122 cm³/mol. The number of piperidine rings is 1. The molecule has 1 aromatic carbocycles. The van der Waals surface area contributed by atoms with E-state index in [0.29, 0.717) is 31.8 Å². The quantitative estimate of drug-likeness (QED) is 0.729. The molecule has 6 nitrogen and oxygen atoms in total. The fourth-order valence-electron chi connectivity index (χ4n) is 4.88. The van der Waals surface area contributed by atoms with Crippen molar-refractivity contribution in [2.75, 3.05) is 24.6 Å². The zero-order valence-electron chi connectivity index (χ0n) is 18.3. The monoisotopic (exact) mass is 441 g/mol. The molecule has 3 heterocycles. The van der Waals surface area contributed by atoms with Crippen LogP contribution < -0.4 is 0 Å². The third-order valence-electron chi connectivity index (χ3n) is 6.95. The van der Waals surface area contributed by atoms with E-state index in [0.717, 1.165) is 12.8 Å². The molecular weight excluding hydrogens is 410 g/mol. The van der Waals surface area contributed by atoms with Gasteiger partial charge in [-0.2, -0.15) is 0 Å². The second-order valence-electron chi connectivity index (χ2n) is 8.95. The average Bonchev–Trinajstić information content (AvgIpc) is 3.29. The third-order valence-corrected chi connectivity index (χ3v) is 8.61. The Balaban J connectivity index is 1.45. The van der Waals surface area contributed by atoms with E-state index >= 15 is 0 Å². The molecule has 1 amide bonds. The first-order chi connectivity index (χ1) is 14.8. The van der Waals surface area contributed by atoms with Crippen LogP contribution in [0.2, 0.25) is 0 Å². The normalized spacial score (nSPS) is 21.4. The number of allylic oxidation sites excluding steroid dienone is 1. The van der Waals surface area contributed by atoms with Gasteiger partial charge in [0.25, 0.3) is 0 Å². The molecule has 0 saturated carbocycles. The maximum absolute atomic E-state index is 13.6. The number of amides is 1. The maximum Gasteiger partial charge on any atom is 0.248 e. The molecule has 0 unspecified atom stereocenters. The first-order valence-electron chi connectivity index (χ1n) is 11.0. The van der Waals surface area contributed by atoms with Crippen LogP contribution in [0.3, 0.4) is 0 Å². The number of benzene rings is 1. The second kappa shape index (κ2) is 8.61. The summed E-state index contributed by atoms with van der Waals surface area (Å²) in [6.45, 7) is 5.66. The van der Waals surface area contributed by atoms with E-state index in [9.17, 15) is 13.2 Å². The smallest absolute Gasteiger partial charge is 0.248 e. The first-order valence-corrected chi connectivity index (χ1v) is 12.9. The summed E-state index contributed by atoms with van der Waals surface area (Å²) in [4.78, 5) is 19.7. The Morgan fingerprint density at radius 2 is 1.77 bits per heavy atom. The highest BCUT2D eigenvalue weighted by molar-refractivity contribution is 7.91. The van der Waals surface area contributed by atoms with Gasteiger partial charge < -0.3 is 9.47 Å². The van der Waals surface area contributed by atoms with Gasteiger partial charge in [0.15, 0.2) is 9.84 Å².